The van der Waals surface area contributed by atoms with Crippen LogP contribution in [0, 0.1) is 11.3 Å². The topological polar surface area (TPSA) is 38.0 Å². The van der Waals surface area contributed by atoms with Gasteiger partial charge < -0.3 is 11.1 Å². The molecule has 0 saturated heterocycles. The Morgan fingerprint density at radius 2 is 1.85 bits per heavy atom. The van der Waals surface area contributed by atoms with Crippen molar-refractivity contribution in [1.29, 1.82) is 0 Å². The van der Waals surface area contributed by atoms with Crippen molar-refractivity contribution in [3.63, 3.8) is 0 Å². The van der Waals surface area contributed by atoms with E-state index in [0.717, 1.165) is 32.0 Å². The molecule has 0 bridgehead atoms. The molecule has 0 saturated carbocycles. The number of hydrogen-bond donors (Lipinski definition) is 2. The highest BCUT2D eigenvalue weighted by Gasteiger charge is 2.18. The molecule has 0 aliphatic rings. The van der Waals surface area contributed by atoms with E-state index in [0.29, 0.717) is 5.41 Å². The first-order chi connectivity index (χ1) is 5.98. The maximum atomic E-state index is 5.41. The first-order valence-electron chi connectivity index (χ1n) is 5.39. The smallest absolute Gasteiger partial charge is 0.00182 e. The number of rotatable bonds is 6. The zero-order chi connectivity index (χ0) is 10.3. The molecule has 2 nitrogen and oxygen atoms in total. The van der Waals surface area contributed by atoms with Gasteiger partial charge in [-0.2, -0.15) is 0 Å². The molecule has 0 heterocycles. The van der Waals surface area contributed by atoms with Crippen molar-refractivity contribution < 1.29 is 0 Å². The van der Waals surface area contributed by atoms with E-state index in [-0.39, 0.29) is 0 Å². The van der Waals surface area contributed by atoms with Gasteiger partial charge in [-0.3, -0.25) is 0 Å². The molecule has 80 valence electrons. The molecule has 0 amide bonds. The third kappa shape index (κ3) is 7.03. The lowest BCUT2D eigenvalue weighted by Crippen LogP contribution is -2.30. The number of hydrogen-bond acceptors (Lipinski definition) is 2. The van der Waals surface area contributed by atoms with Crippen LogP contribution in [0.2, 0.25) is 0 Å². The molecule has 1 unspecified atom stereocenters. The molecule has 0 aromatic carbocycles. The Balaban J connectivity index is 3.32. The maximum Gasteiger partial charge on any atom is -0.00182 e. The summed E-state index contributed by atoms with van der Waals surface area (Å²) in [4.78, 5) is 0. The van der Waals surface area contributed by atoms with Crippen LogP contribution in [-0.2, 0) is 0 Å². The van der Waals surface area contributed by atoms with E-state index >= 15 is 0 Å². The zero-order valence-corrected chi connectivity index (χ0v) is 9.69. The molecule has 1 atom stereocenters. The summed E-state index contributed by atoms with van der Waals surface area (Å²) in [6, 6.07) is 0. The lowest BCUT2D eigenvalue weighted by Gasteiger charge is -2.27. The van der Waals surface area contributed by atoms with E-state index in [1.165, 1.54) is 6.42 Å². The van der Waals surface area contributed by atoms with Gasteiger partial charge in [0.2, 0.25) is 0 Å². The van der Waals surface area contributed by atoms with Crippen LogP contribution in [0.1, 0.15) is 40.5 Å². The lowest BCUT2D eigenvalue weighted by atomic mass is 9.82. The summed E-state index contributed by atoms with van der Waals surface area (Å²) in [5.74, 6) is 0.727. The molecule has 3 N–H and O–H groups in total. The van der Waals surface area contributed by atoms with Gasteiger partial charge in [0.25, 0.3) is 0 Å². The summed E-state index contributed by atoms with van der Waals surface area (Å²) in [6.07, 6.45) is 2.34. The zero-order valence-electron chi connectivity index (χ0n) is 9.69. The fourth-order valence-electron chi connectivity index (χ4n) is 1.02. The van der Waals surface area contributed by atoms with Crippen molar-refractivity contribution in [3.05, 3.63) is 0 Å². The molecule has 0 aliphatic carbocycles. The predicted octanol–water partition coefficient (Wildman–Crippen LogP) is 2.00. The molecular formula is C11H26N2. The second-order valence-electron chi connectivity index (χ2n) is 4.97. The van der Waals surface area contributed by atoms with E-state index in [1.54, 1.807) is 0 Å². The molecule has 0 rings (SSSR count). The van der Waals surface area contributed by atoms with Gasteiger partial charge in [-0.1, -0.05) is 27.7 Å². The first-order valence-corrected chi connectivity index (χ1v) is 5.39. The van der Waals surface area contributed by atoms with Crippen LogP contribution in [0.25, 0.3) is 0 Å². The normalized spacial score (nSPS) is 14.5. The minimum absolute atomic E-state index is 0.418. The van der Waals surface area contributed by atoms with Gasteiger partial charge in [-0.25, -0.2) is 0 Å². The largest absolute Gasteiger partial charge is 0.330 e. The Morgan fingerprint density at radius 1 is 1.23 bits per heavy atom. The Morgan fingerprint density at radius 3 is 2.31 bits per heavy atom. The third-order valence-corrected chi connectivity index (χ3v) is 2.74. The van der Waals surface area contributed by atoms with Crippen LogP contribution >= 0.6 is 0 Å². The summed E-state index contributed by atoms with van der Waals surface area (Å²) in [6.45, 7) is 12.2. The highest BCUT2D eigenvalue weighted by Crippen LogP contribution is 2.24. The molecular weight excluding hydrogens is 160 g/mol. The minimum Gasteiger partial charge on any atom is -0.330 e. The molecule has 2 heteroatoms. The van der Waals surface area contributed by atoms with Gasteiger partial charge in [-0.05, 0) is 43.8 Å². The van der Waals surface area contributed by atoms with Crippen molar-refractivity contribution in [3.8, 4) is 0 Å². The fraction of sp³-hybridized carbons (Fsp3) is 1.00. The van der Waals surface area contributed by atoms with Crippen LogP contribution < -0.4 is 11.1 Å². The van der Waals surface area contributed by atoms with Gasteiger partial charge in [0.15, 0.2) is 0 Å². The monoisotopic (exact) mass is 186 g/mol. The van der Waals surface area contributed by atoms with Crippen LogP contribution in [0.5, 0.6) is 0 Å². The van der Waals surface area contributed by atoms with Crippen molar-refractivity contribution in [2.24, 2.45) is 17.1 Å². The Labute approximate surface area is 83.3 Å². The molecule has 0 radical (unpaired) electrons. The summed E-state index contributed by atoms with van der Waals surface area (Å²) >= 11 is 0. The highest BCUT2D eigenvalue weighted by molar-refractivity contribution is 4.71. The summed E-state index contributed by atoms with van der Waals surface area (Å²) in [7, 11) is 0. The number of nitrogens with two attached hydrogens (primary N) is 1. The molecule has 0 aromatic heterocycles. The quantitative estimate of drug-likeness (QED) is 0.623. The molecule has 0 fully saturated rings. The van der Waals surface area contributed by atoms with E-state index in [2.05, 4.69) is 33.0 Å². The van der Waals surface area contributed by atoms with E-state index < -0.39 is 0 Å². The minimum atomic E-state index is 0.418. The van der Waals surface area contributed by atoms with Gasteiger partial charge in [0, 0.05) is 0 Å². The molecule has 0 aliphatic heterocycles. The standard InChI is InChI=1S/C11H26N2/c1-10(11(2,3)4)9-13-8-6-5-7-12/h10,13H,5-9,12H2,1-4H3. The predicted molar refractivity (Wildman–Crippen MR) is 59.8 cm³/mol. The Bertz CT molecular complexity index is 116. The molecule has 0 aromatic rings. The Kier molecular flexibility index (Phi) is 6.35. The van der Waals surface area contributed by atoms with Crippen molar-refractivity contribution >= 4 is 0 Å². The van der Waals surface area contributed by atoms with Crippen molar-refractivity contribution in [2.75, 3.05) is 19.6 Å². The number of unbranched alkanes of at least 4 members (excludes halogenated alkanes) is 1. The maximum absolute atomic E-state index is 5.41. The molecule has 0 spiro atoms. The SMILES string of the molecule is CC(CNCCCCN)C(C)(C)C. The van der Waals surface area contributed by atoms with Crippen molar-refractivity contribution in [2.45, 2.75) is 40.5 Å². The summed E-state index contributed by atoms with van der Waals surface area (Å²) in [5, 5.41) is 3.47. The van der Waals surface area contributed by atoms with Gasteiger partial charge in [-0.15, -0.1) is 0 Å². The van der Waals surface area contributed by atoms with Crippen LogP contribution in [0.4, 0.5) is 0 Å². The average Bonchev–Trinajstić information content (AvgIpc) is 2.02. The van der Waals surface area contributed by atoms with Crippen LogP contribution in [-0.4, -0.2) is 19.6 Å². The molecule has 13 heavy (non-hydrogen) atoms. The second-order valence-corrected chi connectivity index (χ2v) is 4.97. The first kappa shape index (κ1) is 12.9. The van der Waals surface area contributed by atoms with E-state index in [4.69, 9.17) is 5.73 Å². The summed E-state index contributed by atoms with van der Waals surface area (Å²) < 4.78 is 0. The number of nitrogens with one attached hydrogen (secondary N) is 1. The Hall–Kier alpha value is -0.0800. The second kappa shape index (κ2) is 6.39. The van der Waals surface area contributed by atoms with Crippen LogP contribution in [0.15, 0.2) is 0 Å². The van der Waals surface area contributed by atoms with Gasteiger partial charge in [0.05, 0.1) is 0 Å². The van der Waals surface area contributed by atoms with E-state index in [9.17, 15) is 0 Å². The average molecular weight is 186 g/mol. The summed E-state index contributed by atoms with van der Waals surface area (Å²) in [5.41, 5.74) is 5.83. The lowest BCUT2D eigenvalue weighted by molar-refractivity contribution is 0.253. The third-order valence-electron chi connectivity index (χ3n) is 2.74. The van der Waals surface area contributed by atoms with Crippen molar-refractivity contribution in [1.82, 2.24) is 5.32 Å². The highest BCUT2D eigenvalue weighted by atomic mass is 14.9. The van der Waals surface area contributed by atoms with E-state index in [1.807, 2.05) is 0 Å². The fourth-order valence-corrected chi connectivity index (χ4v) is 1.02. The van der Waals surface area contributed by atoms with Gasteiger partial charge >= 0.3 is 0 Å². The van der Waals surface area contributed by atoms with Crippen LogP contribution in [0.3, 0.4) is 0 Å². The van der Waals surface area contributed by atoms with Gasteiger partial charge in [0.1, 0.15) is 0 Å².